The zero-order chi connectivity index (χ0) is 7.71. The quantitative estimate of drug-likeness (QED) is 0.500. The summed E-state index contributed by atoms with van der Waals surface area (Å²) >= 11 is 0. The van der Waals surface area contributed by atoms with Crippen molar-refractivity contribution in [1.82, 2.24) is 0 Å². The first-order valence-electron chi connectivity index (χ1n) is 1.99. The van der Waals surface area contributed by atoms with Crippen LogP contribution in [0.15, 0.2) is 0 Å². The molecule has 9 heavy (non-hydrogen) atoms. The largest absolute Gasteiger partial charge is 0.498 e. The van der Waals surface area contributed by atoms with Gasteiger partial charge in [0.1, 0.15) is 0 Å². The summed E-state index contributed by atoms with van der Waals surface area (Å²) in [7, 11) is 0. The molecular weight excluding hydrogens is 135 g/mol. The van der Waals surface area contributed by atoms with Crippen LogP contribution in [0.2, 0.25) is 0 Å². The molecule has 0 aromatic rings. The molecule has 0 saturated carbocycles. The lowest BCUT2D eigenvalue weighted by Gasteiger charge is -2.11. The molecule has 0 spiro atoms. The summed E-state index contributed by atoms with van der Waals surface area (Å²) in [5.74, 6) is 0. The van der Waals surface area contributed by atoms with Crippen molar-refractivity contribution in [3.8, 4) is 0 Å². The summed E-state index contributed by atoms with van der Waals surface area (Å²) in [6.07, 6.45) is -4.85. The highest BCUT2D eigenvalue weighted by Gasteiger charge is 2.57. The smallest absolute Gasteiger partial charge is 0.317 e. The summed E-state index contributed by atoms with van der Waals surface area (Å²) in [6, 6.07) is 0. The Morgan fingerprint density at radius 3 is 1.78 bits per heavy atom. The average Bonchev–Trinajstić information content (AvgIpc) is 1.64. The zero-order valence-corrected chi connectivity index (χ0v) is 4.53. The van der Waals surface area contributed by atoms with E-state index in [4.69, 9.17) is 11.7 Å². The summed E-state index contributed by atoms with van der Waals surface area (Å²) in [5.41, 5.74) is -3.23. The summed E-state index contributed by atoms with van der Waals surface area (Å²) in [6.45, 7) is 6.32. The van der Waals surface area contributed by atoms with Crippen molar-refractivity contribution in [2.24, 2.45) is 0 Å². The van der Waals surface area contributed by atoms with Gasteiger partial charge in [-0.25, -0.2) is 6.57 Å². The number of aliphatic hydroxyl groups is 1. The van der Waals surface area contributed by atoms with Gasteiger partial charge in [-0.3, -0.25) is 4.85 Å². The highest BCUT2D eigenvalue weighted by molar-refractivity contribution is 4.89. The minimum atomic E-state index is -4.85. The van der Waals surface area contributed by atoms with Gasteiger partial charge in [-0.05, 0) is 0 Å². The lowest BCUT2D eigenvalue weighted by Crippen LogP contribution is -2.38. The van der Waals surface area contributed by atoms with E-state index in [2.05, 4.69) is 0 Å². The Kier molecular flexibility index (Phi) is 1.72. The van der Waals surface area contributed by atoms with E-state index in [9.17, 15) is 13.2 Å². The van der Waals surface area contributed by atoms with Gasteiger partial charge >= 0.3 is 11.9 Å². The Balaban J connectivity index is 4.39. The van der Waals surface area contributed by atoms with Gasteiger partial charge in [-0.15, -0.1) is 0 Å². The fourth-order valence-corrected chi connectivity index (χ4v) is 0.0634. The Morgan fingerprint density at radius 1 is 1.44 bits per heavy atom. The van der Waals surface area contributed by atoms with Gasteiger partial charge in [0.05, 0.1) is 6.92 Å². The van der Waals surface area contributed by atoms with Crippen molar-refractivity contribution in [3.05, 3.63) is 11.4 Å². The predicted molar refractivity (Wildman–Crippen MR) is 23.3 cm³/mol. The second-order valence-electron chi connectivity index (χ2n) is 1.63. The molecule has 0 amide bonds. The maximum absolute atomic E-state index is 11.4. The number of hydrogen-bond acceptors (Lipinski definition) is 1. The van der Waals surface area contributed by atoms with Crippen LogP contribution in [0.5, 0.6) is 0 Å². The molecule has 0 fully saturated rings. The third-order valence-electron chi connectivity index (χ3n) is 0.755. The molecule has 1 unspecified atom stereocenters. The standard InChI is InChI=1S/C4H4F3NO/c1-3(9,8-2)4(5,6)7/h9H,1H3. The zero-order valence-electron chi connectivity index (χ0n) is 4.53. The monoisotopic (exact) mass is 139 g/mol. The van der Waals surface area contributed by atoms with Gasteiger partial charge in [0.25, 0.3) is 0 Å². The Hall–Kier alpha value is -0.760. The molecule has 0 aliphatic carbocycles. The topological polar surface area (TPSA) is 24.6 Å². The fourth-order valence-electron chi connectivity index (χ4n) is 0.0634. The van der Waals surface area contributed by atoms with Gasteiger partial charge in [0.15, 0.2) is 0 Å². The van der Waals surface area contributed by atoms with Crippen molar-refractivity contribution in [1.29, 1.82) is 0 Å². The van der Waals surface area contributed by atoms with Crippen LogP contribution in [0.1, 0.15) is 6.92 Å². The minimum absolute atomic E-state index is 0.403. The predicted octanol–water partition coefficient (Wildman–Crippen LogP) is 1.18. The van der Waals surface area contributed by atoms with E-state index in [1.165, 1.54) is 0 Å². The molecule has 0 bridgehead atoms. The SMILES string of the molecule is [C-]#[N+]C(C)(O)C(F)(F)F. The van der Waals surface area contributed by atoms with Gasteiger partial charge in [0.2, 0.25) is 0 Å². The molecular formula is C4H4F3NO. The van der Waals surface area contributed by atoms with Crippen LogP contribution in [0, 0.1) is 6.57 Å². The van der Waals surface area contributed by atoms with Crippen LogP contribution in [-0.2, 0) is 0 Å². The third-order valence-corrected chi connectivity index (χ3v) is 0.755. The molecule has 0 aromatic carbocycles. The molecule has 52 valence electrons. The first-order valence-corrected chi connectivity index (χ1v) is 1.99. The van der Waals surface area contributed by atoms with Gasteiger partial charge in [-0.2, -0.15) is 13.2 Å². The molecule has 2 nitrogen and oxygen atoms in total. The summed E-state index contributed by atoms with van der Waals surface area (Å²) in [5, 5.41) is 8.18. The number of nitrogens with zero attached hydrogens (tertiary/aromatic N) is 1. The number of halogens is 3. The van der Waals surface area contributed by atoms with Crippen LogP contribution >= 0.6 is 0 Å². The van der Waals surface area contributed by atoms with Crippen LogP contribution in [0.4, 0.5) is 13.2 Å². The van der Waals surface area contributed by atoms with Crippen molar-refractivity contribution in [3.63, 3.8) is 0 Å². The van der Waals surface area contributed by atoms with Crippen molar-refractivity contribution in [2.45, 2.75) is 18.8 Å². The Labute approximate surface area is 49.7 Å². The third kappa shape index (κ3) is 1.57. The molecule has 1 N–H and O–H groups in total. The molecule has 0 saturated heterocycles. The van der Waals surface area contributed by atoms with Crippen molar-refractivity contribution >= 4 is 0 Å². The molecule has 0 aliphatic rings. The Morgan fingerprint density at radius 2 is 1.78 bits per heavy atom. The normalized spacial score (nSPS) is 18.2. The number of alkyl halides is 3. The average molecular weight is 139 g/mol. The van der Waals surface area contributed by atoms with E-state index in [1.54, 1.807) is 0 Å². The van der Waals surface area contributed by atoms with Crippen LogP contribution < -0.4 is 0 Å². The minimum Gasteiger partial charge on any atom is -0.317 e. The number of hydrogen-bond donors (Lipinski definition) is 1. The fraction of sp³-hybridized carbons (Fsp3) is 0.750. The van der Waals surface area contributed by atoms with Crippen LogP contribution in [0.25, 0.3) is 4.85 Å². The van der Waals surface area contributed by atoms with Crippen LogP contribution in [0.3, 0.4) is 0 Å². The van der Waals surface area contributed by atoms with Crippen molar-refractivity contribution < 1.29 is 18.3 Å². The molecule has 1 atom stereocenters. The highest BCUT2D eigenvalue weighted by atomic mass is 19.4. The molecule has 0 radical (unpaired) electrons. The van der Waals surface area contributed by atoms with E-state index in [-0.39, 0.29) is 0 Å². The van der Waals surface area contributed by atoms with E-state index >= 15 is 0 Å². The maximum atomic E-state index is 11.4. The first kappa shape index (κ1) is 8.24. The molecule has 5 heteroatoms. The van der Waals surface area contributed by atoms with E-state index in [1.807, 2.05) is 4.85 Å². The van der Waals surface area contributed by atoms with Gasteiger partial charge < -0.3 is 5.11 Å². The van der Waals surface area contributed by atoms with Gasteiger partial charge in [0, 0.05) is 0 Å². The molecule has 0 heterocycles. The molecule has 0 aromatic heterocycles. The highest BCUT2D eigenvalue weighted by Crippen LogP contribution is 2.30. The maximum Gasteiger partial charge on any atom is 0.498 e. The second-order valence-corrected chi connectivity index (χ2v) is 1.63. The van der Waals surface area contributed by atoms with Crippen LogP contribution in [-0.4, -0.2) is 17.0 Å². The summed E-state index contributed by atoms with van der Waals surface area (Å²) in [4.78, 5) is 1.97. The van der Waals surface area contributed by atoms with E-state index < -0.39 is 11.9 Å². The second kappa shape index (κ2) is 1.88. The van der Waals surface area contributed by atoms with E-state index in [0.29, 0.717) is 6.92 Å². The molecule has 0 aliphatic heterocycles. The first-order chi connectivity index (χ1) is 3.81. The lowest BCUT2D eigenvalue weighted by molar-refractivity contribution is -0.233. The van der Waals surface area contributed by atoms with Gasteiger partial charge in [-0.1, -0.05) is 0 Å². The number of rotatable bonds is 0. The lowest BCUT2D eigenvalue weighted by atomic mass is 10.3. The van der Waals surface area contributed by atoms with E-state index in [0.717, 1.165) is 0 Å². The Bertz CT molecular complexity index is 143. The summed E-state index contributed by atoms with van der Waals surface area (Å²) < 4.78 is 34.1. The van der Waals surface area contributed by atoms with Crippen molar-refractivity contribution in [2.75, 3.05) is 0 Å². The molecule has 0 rings (SSSR count).